The molecule has 0 bridgehead atoms. The Balaban J connectivity index is 1.28. The Bertz CT molecular complexity index is 1360. The maximum Gasteiger partial charge on any atom is 0.306 e. The molecule has 0 saturated heterocycles. The van der Waals surface area contributed by atoms with Crippen LogP contribution in [0.3, 0.4) is 0 Å². The number of allylic oxidation sites excluding steroid dienone is 1. The second-order valence-electron chi connectivity index (χ2n) is 22.0. The number of ether oxygens (including phenoxy) is 2. The van der Waals surface area contributed by atoms with Crippen molar-refractivity contribution in [1.82, 2.24) is 0 Å². The molecule has 310 valence electrons. The third-order valence-electron chi connectivity index (χ3n) is 17.7. The first kappa shape index (κ1) is 43.6. The van der Waals surface area contributed by atoms with Crippen molar-refractivity contribution in [1.29, 1.82) is 0 Å². The molecule has 10 atom stereocenters. The van der Waals surface area contributed by atoms with Gasteiger partial charge in [0.15, 0.2) is 0 Å². The van der Waals surface area contributed by atoms with Gasteiger partial charge in [-0.2, -0.15) is 0 Å². The molecule has 0 aromatic rings. The zero-order valence-electron chi connectivity index (χ0n) is 36.4. The Morgan fingerprint density at radius 2 is 1.31 bits per heavy atom. The number of hydrogen-bond donors (Lipinski definition) is 2. The molecule has 8 nitrogen and oxygen atoms in total. The lowest BCUT2D eigenvalue weighted by molar-refractivity contribution is -0.890. The zero-order chi connectivity index (χ0) is 40.0. The molecule has 5 aliphatic carbocycles. The topological polar surface area (TPSA) is 93.1 Å². The minimum absolute atomic E-state index is 0.0392. The van der Waals surface area contributed by atoms with E-state index < -0.39 is 0 Å². The third-order valence-corrected chi connectivity index (χ3v) is 17.7. The number of aliphatic hydroxyl groups excluding tert-OH is 2. The van der Waals surface area contributed by atoms with Gasteiger partial charge in [-0.15, -0.1) is 0 Å². The Morgan fingerprint density at radius 1 is 0.704 bits per heavy atom. The van der Waals surface area contributed by atoms with Crippen LogP contribution in [0, 0.1) is 56.7 Å². The summed E-state index contributed by atoms with van der Waals surface area (Å²) in [6, 6.07) is 0. The lowest BCUT2D eigenvalue weighted by Gasteiger charge is -2.73. The molecule has 0 aliphatic heterocycles. The Kier molecular flexibility index (Phi) is 13.0. The van der Waals surface area contributed by atoms with Crippen molar-refractivity contribution in [3.63, 3.8) is 0 Å². The smallest absolute Gasteiger partial charge is 0.306 e. The Hall–Kier alpha value is -1.48. The fourth-order valence-electron chi connectivity index (χ4n) is 14.3. The first-order chi connectivity index (χ1) is 25.1. The first-order valence-electron chi connectivity index (χ1n) is 22.0. The van der Waals surface area contributed by atoms with Gasteiger partial charge in [-0.25, -0.2) is 0 Å². The third kappa shape index (κ3) is 8.12. The molecule has 7 unspecified atom stereocenters. The van der Waals surface area contributed by atoms with Gasteiger partial charge in [0, 0.05) is 23.7 Å². The van der Waals surface area contributed by atoms with Crippen LogP contribution in [0.15, 0.2) is 12.2 Å². The van der Waals surface area contributed by atoms with E-state index >= 15 is 0 Å². The van der Waals surface area contributed by atoms with Gasteiger partial charge in [0.25, 0.3) is 0 Å². The van der Waals surface area contributed by atoms with Crippen molar-refractivity contribution in [3.8, 4) is 0 Å². The van der Waals surface area contributed by atoms with E-state index in [9.17, 15) is 19.8 Å². The summed E-state index contributed by atoms with van der Waals surface area (Å²) < 4.78 is 14.1. The molecule has 0 spiro atoms. The van der Waals surface area contributed by atoms with Crippen molar-refractivity contribution in [2.45, 2.75) is 138 Å². The number of nitrogens with zero attached hydrogens (tertiary/aromatic N) is 2. The lowest BCUT2D eigenvalue weighted by atomic mass is 9.32. The average molecular weight is 759 g/mol. The van der Waals surface area contributed by atoms with E-state index in [1.807, 2.05) is 0 Å². The summed E-state index contributed by atoms with van der Waals surface area (Å²) in [5, 5.41) is 18.8. The van der Waals surface area contributed by atoms with Crippen molar-refractivity contribution < 1.29 is 38.2 Å². The van der Waals surface area contributed by atoms with Gasteiger partial charge in [-0.05, 0) is 117 Å². The van der Waals surface area contributed by atoms with Crippen molar-refractivity contribution >= 4 is 11.9 Å². The van der Waals surface area contributed by atoms with Crippen LogP contribution in [-0.4, -0.2) is 111 Å². The lowest BCUT2D eigenvalue weighted by Crippen LogP contribution is -2.67. The maximum absolute atomic E-state index is 13.2. The van der Waals surface area contributed by atoms with Gasteiger partial charge >= 0.3 is 11.9 Å². The molecule has 54 heavy (non-hydrogen) atoms. The molecule has 0 radical (unpaired) electrons. The highest BCUT2D eigenvalue weighted by molar-refractivity contribution is 5.69. The maximum atomic E-state index is 13.2. The summed E-state index contributed by atoms with van der Waals surface area (Å²) in [5.74, 6) is 2.61. The molecule has 0 aromatic heterocycles. The highest BCUT2D eigenvalue weighted by Crippen LogP contribution is 2.77. The molecular formula is C46H82N2O6+2. The second kappa shape index (κ2) is 16.0. The zero-order valence-corrected chi connectivity index (χ0v) is 36.4. The van der Waals surface area contributed by atoms with Crippen LogP contribution in [-0.2, 0) is 19.1 Å². The molecule has 0 heterocycles. The molecule has 5 saturated carbocycles. The van der Waals surface area contributed by atoms with Crippen molar-refractivity contribution in [2.75, 3.05) is 74.2 Å². The largest absolute Gasteiger partial charge is 0.465 e. The number of esters is 2. The SMILES string of the molecule is C=C(C)C1CCC2(COC(=O)CCC[N+](C)(C)CCO)CC[C@@]3(C)C(CCC4[C@@]5(C)CCC(OC(=O)CCC[N+](C)(C)CCO)C(C)(C)C5CC[C@]43C)C12. The number of carbonyl (C=O) groups excluding carboxylic acids is 2. The number of aliphatic hydroxyl groups is 2. The predicted octanol–water partition coefficient (Wildman–Crippen LogP) is 7.80. The van der Waals surface area contributed by atoms with Gasteiger partial charge in [0.1, 0.15) is 19.2 Å². The van der Waals surface area contributed by atoms with Gasteiger partial charge in [-0.3, -0.25) is 9.59 Å². The van der Waals surface area contributed by atoms with Crippen LogP contribution >= 0.6 is 0 Å². The van der Waals surface area contributed by atoms with Crippen LogP contribution in [0.1, 0.15) is 131 Å². The van der Waals surface area contributed by atoms with Crippen LogP contribution in [0.5, 0.6) is 0 Å². The quantitative estimate of drug-likeness (QED) is 0.0949. The number of rotatable bonds is 16. The van der Waals surface area contributed by atoms with E-state index in [0.29, 0.717) is 71.1 Å². The summed E-state index contributed by atoms with van der Waals surface area (Å²) in [6.45, 7) is 23.5. The first-order valence-corrected chi connectivity index (χ1v) is 22.0. The van der Waals surface area contributed by atoms with Gasteiger partial charge in [0.05, 0.1) is 73.9 Å². The van der Waals surface area contributed by atoms with Gasteiger partial charge in [-0.1, -0.05) is 46.8 Å². The van der Waals surface area contributed by atoms with E-state index in [-0.39, 0.29) is 58.3 Å². The standard InChI is InChI=1S/C46H82N2O6/c1-33(2)34-18-23-46(32-53-39(51)14-12-26-47(8,9)28-30-49)25-24-44(6)35(41(34)46)16-17-37-43(5)21-20-38(42(3,4)36(43)19-22-45(37,44)7)54-40(52)15-13-27-48(10,11)29-31-50/h34-38,41,49-50H,1,12-32H2,2-11H3/q+2/t34?,35?,36?,37?,38?,41?,43-,44-,45+,46?/m0/s1. The summed E-state index contributed by atoms with van der Waals surface area (Å²) in [6.07, 6.45) is 14.0. The fraction of sp³-hybridized carbons (Fsp3) is 0.913. The summed E-state index contributed by atoms with van der Waals surface area (Å²) in [4.78, 5) is 26.4. The van der Waals surface area contributed by atoms with Gasteiger partial charge in [0.2, 0.25) is 0 Å². The highest BCUT2D eigenvalue weighted by Gasteiger charge is 2.71. The van der Waals surface area contributed by atoms with Crippen molar-refractivity contribution in [3.05, 3.63) is 12.2 Å². The molecule has 0 aromatic carbocycles. The van der Waals surface area contributed by atoms with Crippen molar-refractivity contribution in [2.24, 2.45) is 56.7 Å². The Labute approximate surface area is 330 Å². The summed E-state index contributed by atoms with van der Waals surface area (Å²) in [7, 11) is 8.43. The summed E-state index contributed by atoms with van der Waals surface area (Å²) in [5.41, 5.74) is 1.92. The number of fused-ring (bicyclic) bond motifs is 7. The molecule has 5 fully saturated rings. The van der Waals surface area contributed by atoms with E-state index in [1.165, 1.54) is 37.7 Å². The minimum Gasteiger partial charge on any atom is -0.465 e. The molecular weight excluding hydrogens is 677 g/mol. The molecule has 2 N–H and O–H groups in total. The van der Waals surface area contributed by atoms with Gasteiger partial charge < -0.3 is 28.7 Å². The van der Waals surface area contributed by atoms with Crippen LogP contribution < -0.4 is 0 Å². The van der Waals surface area contributed by atoms with E-state index in [0.717, 1.165) is 58.0 Å². The predicted molar refractivity (Wildman–Crippen MR) is 216 cm³/mol. The number of carbonyl (C=O) groups is 2. The van der Waals surface area contributed by atoms with Crippen LogP contribution in [0.2, 0.25) is 0 Å². The van der Waals surface area contributed by atoms with Crippen LogP contribution in [0.25, 0.3) is 0 Å². The number of hydrogen-bond acceptors (Lipinski definition) is 6. The second-order valence-corrected chi connectivity index (χ2v) is 22.0. The molecule has 0 amide bonds. The van der Waals surface area contributed by atoms with E-state index in [1.54, 1.807) is 0 Å². The normalized spacial score (nSPS) is 38.7. The number of quaternary nitrogens is 2. The van der Waals surface area contributed by atoms with Crippen LogP contribution in [0.4, 0.5) is 0 Å². The molecule has 5 aliphatic rings. The monoisotopic (exact) mass is 759 g/mol. The van der Waals surface area contributed by atoms with E-state index in [2.05, 4.69) is 76.3 Å². The highest BCUT2D eigenvalue weighted by atomic mass is 16.5. The summed E-state index contributed by atoms with van der Waals surface area (Å²) >= 11 is 0. The minimum atomic E-state index is -0.0797. The number of likely N-dealkylation sites (N-methyl/N-ethyl adjacent to an activating group) is 2. The van der Waals surface area contributed by atoms with E-state index in [4.69, 9.17) is 9.47 Å². The fourth-order valence-corrected chi connectivity index (χ4v) is 14.3. The Morgan fingerprint density at radius 3 is 1.91 bits per heavy atom. The average Bonchev–Trinajstić information content (AvgIpc) is 3.45. The molecule has 8 heteroatoms. The molecule has 5 rings (SSSR count).